The average Bonchev–Trinajstić information content (AvgIpc) is 2.32. The van der Waals surface area contributed by atoms with E-state index in [2.05, 4.69) is 4.98 Å². The molecule has 0 unspecified atom stereocenters. The Morgan fingerprint density at radius 2 is 1.82 bits per heavy atom. The molecule has 0 fully saturated rings. The van der Waals surface area contributed by atoms with Gasteiger partial charge in [0.05, 0.1) is 15.7 Å². The van der Waals surface area contributed by atoms with Crippen molar-refractivity contribution in [2.24, 2.45) is 0 Å². The van der Waals surface area contributed by atoms with E-state index in [-0.39, 0.29) is 0 Å². The monoisotopic (exact) mass is 285 g/mol. The topological polar surface area (TPSA) is 30.0 Å². The lowest BCUT2D eigenvalue weighted by Gasteiger charge is -2.07. The third-order valence-corrected chi connectivity index (χ3v) is 2.97. The second kappa shape index (κ2) is 5.05. The van der Waals surface area contributed by atoms with Gasteiger partial charge in [-0.15, -0.1) is 0 Å². The summed E-state index contributed by atoms with van der Waals surface area (Å²) in [5.41, 5.74) is 1.46. The number of carbonyl (C=O) groups is 1. The normalized spacial score (nSPS) is 10.3. The Bertz CT molecular complexity index is 584. The smallest absolute Gasteiger partial charge is 0.152 e. The van der Waals surface area contributed by atoms with Crippen LogP contribution >= 0.6 is 34.8 Å². The van der Waals surface area contributed by atoms with Gasteiger partial charge < -0.3 is 0 Å². The van der Waals surface area contributed by atoms with E-state index in [1.54, 1.807) is 18.2 Å². The van der Waals surface area contributed by atoms with Crippen LogP contribution < -0.4 is 0 Å². The molecule has 5 heteroatoms. The van der Waals surface area contributed by atoms with Crippen molar-refractivity contribution in [1.29, 1.82) is 0 Å². The standard InChI is InChI=1S/C12H6Cl3NO/c13-8-1-2-11(15)10(4-8)12-7(6-17)3-9(14)5-16-12/h1-6H. The Labute approximate surface area is 113 Å². The van der Waals surface area contributed by atoms with Gasteiger partial charge in [-0.2, -0.15) is 0 Å². The Morgan fingerprint density at radius 3 is 2.53 bits per heavy atom. The predicted molar refractivity (Wildman–Crippen MR) is 70.1 cm³/mol. The Kier molecular flexibility index (Phi) is 3.67. The molecule has 0 aliphatic heterocycles. The average molecular weight is 287 g/mol. The van der Waals surface area contributed by atoms with Crippen LogP contribution in [-0.2, 0) is 0 Å². The minimum atomic E-state index is 0.377. The summed E-state index contributed by atoms with van der Waals surface area (Å²) in [7, 11) is 0. The molecule has 0 N–H and O–H groups in total. The summed E-state index contributed by atoms with van der Waals surface area (Å²) in [6.45, 7) is 0. The van der Waals surface area contributed by atoms with E-state index in [4.69, 9.17) is 34.8 Å². The number of rotatable bonds is 2. The lowest BCUT2D eigenvalue weighted by molar-refractivity contribution is 0.112. The van der Waals surface area contributed by atoms with E-state index in [0.717, 1.165) is 0 Å². The molecule has 0 radical (unpaired) electrons. The minimum absolute atomic E-state index is 0.377. The molecule has 0 amide bonds. The van der Waals surface area contributed by atoms with Crippen molar-refractivity contribution in [3.63, 3.8) is 0 Å². The maximum absolute atomic E-state index is 11.0. The van der Waals surface area contributed by atoms with Crippen molar-refractivity contribution in [2.45, 2.75) is 0 Å². The van der Waals surface area contributed by atoms with Crippen LogP contribution in [0, 0.1) is 0 Å². The predicted octanol–water partition coefficient (Wildman–Crippen LogP) is 4.52. The fourth-order valence-electron chi connectivity index (χ4n) is 1.45. The van der Waals surface area contributed by atoms with E-state index in [1.165, 1.54) is 12.3 Å². The highest BCUT2D eigenvalue weighted by molar-refractivity contribution is 6.35. The zero-order chi connectivity index (χ0) is 12.4. The molecule has 1 heterocycles. The third-order valence-electron chi connectivity index (χ3n) is 2.19. The van der Waals surface area contributed by atoms with Gasteiger partial charge in [-0.25, -0.2) is 0 Å². The van der Waals surface area contributed by atoms with Crippen LogP contribution in [0.2, 0.25) is 15.1 Å². The van der Waals surface area contributed by atoms with Crippen LogP contribution in [0.15, 0.2) is 30.5 Å². The highest BCUT2D eigenvalue weighted by Gasteiger charge is 2.11. The molecule has 0 saturated carbocycles. The summed E-state index contributed by atoms with van der Waals surface area (Å²) in [6.07, 6.45) is 2.15. The fourth-order valence-corrected chi connectivity index (χ4v) is 1.99. The SMILES string of the molecule is O=Cc1cc(Cl)cnc1-c1cc(Cl)ccc1Cl. The van der Waals surface area contributed by atoms with Gasteiger partial charge in [0.2, 0.25) is 0 Å². The fraction of sp³-hybridized carbons (Fsp3) is 0. The lowest BCUT2D eigenvalue weighted by Crippen LogP contribution is -1.92. The summed E-state index contributed by atoms with van der Waals surface area (Å²) in [5.74, 6) is 0. The van der Waals surface area contributed by atoms with E-state index >= 15 is 0 Å². The van der Waals surface area contributed by atoms with Crippen molar-refractivity contribution in [3.8, 4) is 11.3 Å². The number of aldehydes is 1. The summed E-state index contributed by atoms with van der Waals surface area (Å²) in [6, 6.07) is 6.52. The second-order valence-corrected chi connectivity index (χ2v) is 4.61. The van der Waals surface area contributed by atoms with Crippen LogP contribution in [0.4, 0.5) is 0 Å². The van der Waals surface area contributed by atoms with Crippen LogP contribution in [0.1, 0.15) is 10.4 Å². The number of hydrogen-bond donors (Lipinski definition) is 0. The highest BCUT2D eigenvalue weighted by atomic mass is 35.5. The van der Waals surface area contributed by atoms with Gasteiger partial charge in [-0.1, -0.05) is 34.8 Å². The van der Waals surface area contributed by atoms with Gasteiger partial charge in [0, 0.05) is 22.3 Å². The second-order valence-electron chi connectivity index (χ2n) is 3.33. The number of benzene rings is 1. The molecule has 0 spiro atoms. The first-order valence-electron chi connectivity index (χ1n) is 4.68. The number of nitrogens with zero attached hydrogens (tertiary/aromatic N) is 1. The molecule has 0 saturated heterocycles. The van der Waals surface area contributed by atoms with E-state index in [0.29, 0.717) is 38.2 Å². The van der Waals surface area contributed by atoms with Crippen molar-refractivity contribution in [3.05, 3.63) is 51.1 Å². The molecule has 0 bridgehead atoms. The maximum atomic E-state index is 11.0. The molecular formula is C12H6Cl3NO. The largest absolute Gasteiger partial charge is 0.298 e. The molecule has 2 aromatic rings. The third kappa shape index (κ3) is 2.60. The van der Waals surface area contributed by atoms with Crippen LogP contribution in [0.3, 0.4) is 0 Å². The van der Waals surface area contributed by atoms with Gasteiger partial charge in [0.15, 0.2) is 6.29 Å². The van der Waals surface area contributed by atoms with E-state index in [1.807, 2.05) is 0 Å². The van der Waals surface area contributed by atoms with Crippen molar-refractivity contribution in [2.75, 3.05) is 0 Å². The first-order valence-corrected chi connectivity index (χ1v) is 5.81. The van der Waals surface area contributed by atoms with E-state index < -0.39 is 0 Å². The Balaban J connectivity index is 2.67. The van der Waals surface area contributed by atoms with Gasteiger partial charge >= 0.3 is 0 Å². The number of pyridine rings is 1. The quantitative estimate of drug-likeness (QED) is 0.760. The summed E-state index contributed by atoms with van der Waals surface area (Å²) < 4.78 is 0. The molecular weight excluding hydrogens is 280 g/mol. The summed E-state index contributed by atoms with van der Waals surface area (Å²) in [4.78, 5) is 15.1. The van der Waals surface area contributed by atoms with Crippen LogP contribution in [0.25, 0.3) is 11.3 Å². The van der Waals surface area contributed by atoms with Crippen LogP contribution in [0.5, 0.6) is 0 Å². The molecule has 2 nitrogen and oxygen atoms in total. The number of hydrogen-bond acceptors (Lipinski definition) is 2. The Morgan fingerprint density at radius 1 is 1.06 bits per heavy atom. The molecule has 1 aromatic carbocycles. The number of carbonyl (C=O) groups excluding carboxylic acids is 1. The number of aromatic nitrogens is 1. The maximum Gasteiger partial charge on any atom is 0.152 e. The van der Waals surface area contributed by atoms with Gasteiger partial charge in [0.25, 0.3) is 0 Å². The lowest BCUT2D eigenvalue weighted by atomic mass is 10.1. The highest BCUT2D eigenvalue weighted by Crippen LogP contribution is 2.31. The van der Waals surface area contributed by atoms with Crippen molar-refractivity contribution >= 4 is 41.1 Å². The molecule has 0 aliphatic carbocycles. The first kappa shape index (κ1) is 12.4. The Hall–Kier alpha value is -1.09. The minimum Gasteiger partial charge on any atom is -0.298 e. The van der Waals surface area contributed by atoms with Gasteiger partial charge in [-0.3, -0.25) is 9.78 Å². The van der Waals surface area contributed by atoms with Crippen molar-refractivity contribution in [1.82, 2.24) is 4.98 Å². The van der Waals surface area contributed by atoms with Gasteiger partial charge in [0.1, 0.15) is 0 Å². The summed E-state index contributed by atoms with van der Waals surface area (Å²) >= 11 is 17.7. The molecule has 86 valence electrons. The first-order chi connectivity index (χ1) is 8.11. The molecule has 17 heavy (non-hydrogen) atoms. The van der Waals surface area contributed by atoms with E-state index in [9.17, 15) is 4.79 Å². The van der Waals surface area contributed by atoms with Gasteiger partial charge in [-0.05, 0) is 24.3 Å². The molecule has 0 aliphatic rings. The van der Waals surface area contributed by atoms with Crippen molar-refractivity contribution < 1.29 is 4.79 Å². The zero-order valence-electron chi connectivity index (χ0n) is 8.45. The zero-order valence-corrected chi connectivity index (χ0v) is 10.7. The molecule has 1 aromatic heterocycles. The summed E-state index contributed by atoms with van der Waals surface area (Å²) in [5, 5.41) is 1.40. The van der Waals surface area contributed by atoms with Crippen LogP contribution in [-0.4, -0.2) is 11.3 Å². The molecule has 0 atom stereocenters. The molecule has 2 rings (SSSR count). The number of halogens is 3.